The molecule has 2 fully saturated rings. The molecule has 2 unspecified atom stereocenters. The Balaban J connectivity index is 0.00000312. The number of hydrogen-bond acceptors (Lipinski definition) is 3. The van der Waals surface area contributed by atoms with Crippen LogP contribution in [0.3, 0.4) is 0 Å². The van der Waals surface area contributed by atoms with E-state index >= 15 is 0 Å². The third kappa shape index (κ3) is 7.46. The lowest BCUT2D eigenvalue weighted by Crippen LogP contribution is -2.57. The Morgan fingerprint density at radius 1 is 1.24 bits per heavy atom. The monoisotopic (exact) mass is 477 g/mol. The number of nitrogens with one attached hydrogen (secondary N) is 2. The molecule has 5 nitrogen and oxygen atoms in total. The number of alkyl halides is 3. The number of rotatable bonds is 5. The molecular weight excluding hydrogens is 446 g/mol. The topological polar surface area (TPSA) is 42.9 Å². The van der Waals surface area contributed by atoms with Gasteiger partial charge in [-0.2, -0.15) is 13.2 Å². The Morgan fingerprint density at radius 3 is 2.36 bits per heavy atom. The lowest BCUT2D eigenvalue weighted by atomic mass is 9.82. The second kappa shape index (κ2) is 10.1. The maximum atomic E-state index is 12.3. The normalized spacial score (nSPS) is 27.8. The molecule has 2 N–H and O–H groups in total. The lowest BCUT2D eigenvalue weighted by molar-refractivity contribution is -0.142. The number of hydrogen-bond donors (Lipinski definition) is 2. The van der Waals surface area contributed by atoms with Crippen LogP contribution in [0.5, 0.6) is 0 Å². The van der Waals surface area contributed by atoms with E-state index in [2.05, 4.69) is 27.6 Å². The first kappa shape index (κ1) is 22.8. The molecule has 0 amide bonds. The maximum Gasteiger partial charge on any atom is 0.401 e. The first-order chi connectivity index (χ1) is 11.3. The number of likely N-dealkylation sites (N-methyl/N-ethyl adjacent to an activating group) is 1. The van der Waals surface area contributed by atoms with Gasteiger partial charge in [0.2, 0.25) is 0 Å². The summed E-state index contributed by atoms with van der Waals surface area (Å²) in [6.07, 6.45) is 1.85. The standard InChI is InChI=1S/C16H30F3N5.HI/c1-20-15(21-7-8-23(2)11-16(17,18)19)22-12-9-13-5-4-6-14(10-12)24(13)3;/h12-14H,4-11H2,1-3H3,(H2,20,21,22);1H. The molecule has 2 rings (SSSR count). The summed E-state index contributed by atoms with van der Waals surface area (Å²) in [6.45, 7) is -0.135. The molecule has 0 aromatic heterocycles. The Kier molecular flexibility index (Phi) is 9.24. The highest BCUT2D eigenvalue weighted by atomic mass is 127. The predicted octanol–water partition coefficient (Wildman–Crippen LogP) is 2.28. The average molecular weight is 477 g/mol. The minimum absolute atomic E-state index is 0. The van der Waals surface area contributed by atoms with Crippen molar-refractivity contribution in [3.05, 3.63) is 0 Å². The van der Waals surface area contributed by atoms with Crippen LogP contribution in [-0.4, -0.2) is 80.8 Å². The average Bonchev–Trinajstić information content (AvgIpc) is 2.45. The molecule has 2 aliphatic rings. The van der Waals surface area contributed by atoms with E-state index < -0.39 is 12.7 Å². The van der Waals surface area contributed by atoms with Gasteiger partial charge in [0, 0.05) is 38.3 Å². The largest absolute Gasteiger partial charge is 0.401 e. The second-order valence-electron chi connectivity index (χ2n) is 7.07. The molecule has 2 bridgehead atoms. The summed E-state index contributed by atoms with van der Waals surface area (Å²) in [5.74, 6) is 0.683. The molecule has 0 aromatic rings. The van der Waals surface area contributed by atoms with E-state index in [-0.39, 0.29) is 24.0 Å². The number of guanidine groups is 1. The van der Waals surface area contributed by atoms with Crippen molar-refractivity contribution < 1.29 is 13.2 Å². The molecule has 25 heavy (non-hydrogen) atoms. The first-order valence-electron chi connectivity index (χ1n) is 8.73. The maximum absolute atomic E-state index is 12.3. The second-order valence-corrected chi connectivity index (χ2v) is 7.07. The SMILES string of the molecule is CN=C(NCCN(C)CC(F)(F)F)NC1CC2CCCC(C1)N2C.I. The van der Waals surface area contributed by atoms with E-state index in [1.807, 2.05) is 0 Å². The fourth-order valence-electron chi connectivity index (χ4n) is 3.87. The summed E-state index contributed by atoms with van der Waals surface area (Å²) in [7, 11) is 5.39. The Hall–Kier alpha value is -0.290. The van der Waals surface area contributed by atoms with Gasteiger partial charge in [0.1, 0.15) is 0 Å². The van der Waals surface area contributed by atoms with E-state index in [0.717, 1.165) is 12.8 Å². The van der Waals surface area contributed by atoms with Crippen molar-refractivity contribution in [2.45, 2.75) is 56.4 Å². The van der Waals surface area contributed by atoms with Crippen LogP contribution in [0.4, 0.5) is 13.2 Å². The Morgan fingerprint density at radius 2 is 1.84 bits per heavy atom. The Bertz CT molecular complexity index is 418. The molecule has 9 heteroatoms. The van der Waals surface area contributed by atoms with Crippen molar-refractivity contribution in [2.75, 3.05) is 40.8 Å². The molecule has 2 aliphatic heterocycles. The highest BCUT2D eigenvalue weighted by Crippen LogP contribution is 2.32. The van der Waals surface area contributed by atoms with Crippen molar-refractivity contribution in [1.29, 1.82) is 0 Å². The van der Waals surface area contributed by atoms with Gasteiger partial charge in [0.05, 0.1) is 6.54 Å². The molecular formula is C16H31F3IN5. The molecule has 0 aliphatic carbocycles. The number of fused-ring (bicyclic) bond motifs is 2. The fourth-order valence-corrected chi connectivity index (χ4v) is 3.87. The van der Waals surface area contributed by atoms with E-state index in [1.54, 1.807) is 7.05 Å². The lowest BCUT2D eigenvalue weighted by Gasteiger charge is -2.47. The summed E-state index contributed by atoms with van der Waals surface area (Å²) < 4.78 is 36.9. The predicted molar refractivity (Wildman–Crippen MR) is 106 cm³/mol. The molecule has 148 valence electrons. The van der Waals surface area contributed by atoms with Crippen LogP contribution in [0.15, 0.2) is 4.99 Å². The van der Waals surface area contributed by atoms with Gasteiger partial charge in [-0.3, -0.25) is 9.89 Å². The van der Waals surface area contributed by atoms with Crippen LogP contribution in [0.1, 0.15) is 32.1 Å². The number of aliphatic imine (C=N–C) groups is 1. The van der Waals surface area contributed by atoms with Crippen LogP contribution < -0.4 is 10.6 Å². The van der Waals surface area contributed by atoms with E-state index in [9.17, 15) is 13.2 Å². The zero-order chi connectivity index (χ0) is 17.7. The zero-order valence-corrected chi connectivity index (χ0v) is 17.6. The van der Waals surface area contributed by atoms with Crippen molar-refractivity contribution in [3.63, 3.8) is 0 Å². The number of nitrogens with zero attached hydrogens (tertiary/aromatic N) is 3. The zero-order valence-electron chi connectivity index (χ0n) is 15.3. The van der Waals surface area contributed by atoms with Gasteiger partial charge in [0.15, 0.2) is 5.96 Å². The first-order valence-corrected chi connectivity index (χ1v) is 8.73. The Labute approximate surface area is 165 Å². The number of piperidine rings is 2. The van der Waals surface area contributed by atoms with Gasteiger partial charge < -0.3 is 15.5 Å². The minimum atomic E-state index is -4.15. The summed E-state index contributed by atoms with van der Waals surface area (Å²) in [5, 5.41) is 6.57. The highest BCUT2D eigenvalue weighted by molar-refractivity contribution is 14.0. The minimum Gasteiger partial charge on any atom is -0.355 e. The van der Waals surface area contributed by atoms with Crippen molar-refractivity contribution in [3.8, 4) is 0 Å². The van der Waals surface area contributed by atoms with Gasteiger partial charge in [0.25, 0.3) is 0 Å². The van der Waals surface area contributed by atoms with Gasteiger partial charge >= 0.3 is 6.18 Å². The molecule has 0 aromatic carbocycles. The van der Waals surface area contributed by atoms with E-state index in [0.29, 0.717) is 37.2 Å². The van der Waals surface area contributed by atoms with Crippen LogP contribution in [0.2, 0.25) is 0 Å². The summed E-state index contributed by atoms with van der Waals surface area (Å²) in [4.78, 5) is 7.97. The van der Waals surface area contributed by atoms with Crippen molar-refractivity contribution >= 4 is 29.9 Å². The van der Waals surface area contributed by atoms with Crippen LogP contribution in [-0.2, 0) is 0 Å². The summed E-state index contributed by atoms with van der Waals surface area (Å²) in [5.41, 5.74) is 0. The van der Waals surface area contributed by atoms with Crippen molar-refractivity contribution in [1.82, 2.24) is 20.4 Å². The molecule has 0 spiro atoms. The van der Waals surface area contributed by atoms with Gasteiger partial charge in [-0.05, 0) is 39.8 Å². The molecule has 2 saturated heterocycles. The molecule has 2 atom stereocenters. The van der Waals surface area contributed by atoms with Crippen molar-refractivity contribution in [2.24, 2.45) is 4.99 Å². The molecule has 2 heterocycles. The third-order valence-corrected chi connectivity index (χ3v) is 5.14. The molecule has 0 saturated carbocycles. The van der Waals surface area contributed by atoms with Crippen LogP contribution in [0.25, 0.3) is 0 Å². The van der Waals surface area contributed by atoms with E-state index in [1.165, 1.54) is 31.2 Å². The quantitative estimate of drug-likeness (QED) is 0.363. The van der Waals surface area contributed by atoms with Crippen LogP contribution >= 0.6 is 24.0 Å². The highest BCUT2D eigenvalue weighted by Gasteiger charge is 2.36. The fraction of sp³-hybridized carbons (Fsp3) is 0.938. The summed E-state index contributed by atoms with van der Waals surface area (Å²) in [6, 6.07) is 1.65. The van der Waals surface area contributed by atoms with Gasteiger partial charge in [-0.15, -0.1) is 24.0 Å². The number of halogens is 4. The third-order valence-electron chi connectivity index (χ3n) is 5.14. The van der Waals surface area contributed by atoms with Crippen LogP contribution in [0, 0.1) is 0 Å². The smallest absolute Gasteiger partial charge is 0.355 e. The van der Waals surface area contributed by atoms with E-state index in [4.69, 9.17) is 0 Å². The molecule has 0 radical (unpaired) electrons. The summed E-state index contributed by atoms with van der Waals surface area (Å²) >= 11 is 0. The van der Waals surface area contributed by atoms with Gasteiger partial charge in [-0.1, -0.05) is 6.42 Å². The van der Waals surface area contributed by atoms with Gasteiger partial charge in [-0.25, -0.2) is 0 Å².